The molecule has 1 aromatic rings. The molecular formula is C19H26N4O3. The van der Waals surface area contributed by atoms with Gasteiger partial charge in [0.1, 0.15) is 5.76 Å². The monoisotopic (exact) mass is 358 g/mol. The van der Waals surface area contributed by atoms with Crippen molar-refractivity contribution in [2.75, 3.05) is 37.8 Å². The van der Waals surface area contributed by atoms with Gasteiger partial charge in [0.05, 0.1) is 42.6 Å². The fourth-order valence-electron chi connectivity index (χ4n) is 2.50. The molecule has 7 heteroatoms. The average molecular weight is 358 g/mol. The third-order valence-corrected chi connectivity index (χ3v) is 3.79. The van der Waals surface area contributed by atoms with Crippen LogP contribution in [0.2, 0.25) is 0 Å². The predicted octanol–water partition coefficient (Wildman–Crippen LogP) is 1.74. The second-order valence-corrected chi connectivity index (χ2v) is 5.82. The van der Waals surface area contributed by atoms with Gasteiger partial charge in [0.25, 0.3) is 0 Å². The summed E-state index contributed by atoms with van der Waals surface area (Å²) in [6.07, 6.45) is 4.10. The lowest BCUT2D eigenvalue weighted by atomic mass is 10.1. The van der Waals surface area contributed by atoms with Crippen molar-refractivity contribution in [3.63, 3.8) is 0 Å². The van der Waals surface area contributed by atoms with E-state index in [-0.39, 0.29) is 18.9 Å². The molecule has 0 unspecified atom stereocenters. The number of hydrogen-bond donors (Lipinski definition) is 4. The van der Waals surface area contributed by atoms with E-state index in [1.165, 1.54) is 0 Å². The zero-order valence-corrected chi connectivity index (χ0v) is 15.0. The number of aliphatic imine (C=N–C) groups is 1. The number of anilines is 1. The highest BCUT2D eigenvalue weighted by Gasteiger charge is 2.15. The van der Waals surface area contributed by atoms with Gasteiger partial charge in [0.15, 0.2) is 0 Å². The normalized spacial score (nSPS) is 15.7. The van der Waals surface area contributed by atoms with Crippen molar-refractivity contribution in [3.05, 3.63) is 47.9 Å². The minimum absolute atomic E-state index is 0.0142. The molecule has 0 saturated heterocycles. The molecule has 26 heavy (non-hydrogen) atoms. The molecule has 1 aliphatic carbocycles. The third kappa shape index (κ3) is 5.18. The molecule has 140 valence electrons. The van der Waals surface area contributed by atoms with E-state index in [2.05, 4.69) is 4.99 Å². The van der Waals surface area contributed by atoms with E-state index >= 15 is 0 Å². The molecule has 0 saturated carbocycles. The molecule has 1 aromatic carbocycles. The smallest absolute Gasteiger partial charge is 0.144 e. The van der Waals surface area contributed by atoms with E-state index in [1.807, 2.05) is 36.1 Å². The summed E-state index contributed by atoms with van der Waals surface area (Å²) in [5, 5.41) is 26.3. The molecule has 0 spiro atoms. The van der Waals surface area contributed by atoms with Crippen LogP contribution in [0.5, 0.6) is 0 Å². The standard InChI is InChI=1S/C19H26N4O3/c1-2-11-26-19-13-18(16(20)12-17(19)21)22-14-3-5-15(6-4-14)23(7-9-24)8-10-25/h3-6,12-13,20,24-25H,2,7-11,21H2,1H3. The van der Waals surface area contributed by atoms with Crippen molar-refractivity contribution in [1.82, 2.24) is 0 Å². The Labute approximate surface area is 153 Å². The van der Waals surface area contributed by atoms with Crippen LogP contribution in [0.15, 0.2) is 52.9 Å². The Morgan fingerprint density at radius 1 is 1.12 bits per heavy atom. The molecule has 0 amide bonds. The molecule has 0 bridgehead atoms. The first-order valence-electron chi connectivity index (χ1n) is 8.65. The van der Waals surface area contributed by atoms with Crippen molar-refractivity contribution < 1.29 is 14.9 Å². The summed E-state index contributed by atoms with van der Waals surface area (Å²) in [6.45, 7) is 3.49. The van der Waals surface area contributed by atoms with Gasteiger partial charge in [-0.15, -0.1) is 0 Å². The van der Waals surface area contributed by atoms with Crippen LogP contribution in [0.4, 0.5) is 11.4 Å². The third-order valence-electron chi connectivity index (χ3n) is 3.79. The number of aliphatic hydroxyl groups excluding tert-OH is 2. The summed E-state index contributed by atoms with van der Waals surface area (Å²) >= 11 is 0. The van der Waals surface area contributed by atoms with Crippen molar-refractivity contribution in [2.24, 2.45) is 10.7 Å². The Bertz CT molecular complexity index is 702. The second kappa shape index (κ2) is 9.74. The zero-order chi connectivity index (χ0) is 18.9. The van der Waals surface area contributed by atoms with Crippen LogP contribution < -0.4 is 10.6 Å². The van der Waals surface area contributed by atoms with E-state index < -0.39 is 0 Å². The molecule has 5 N–H and O–H groups in total. The number of nitrogens with two attached hydrogens (primary N) is 1. The summed E-state index contributed by atoms with van der Waals surface area (Å²) in [5.41, 5.74) is 8.64. The molecule has 0 heterocycles. The Morgan fingerprint density at radius 2 is 1.77 bits per heavy atom. The number of aliphatic hydroxyl groups is 2. The van der Waals surface area contributed by atoms with Gasteiger partial charge in [-0.25, -0.2) is 4.99 Å². The second-order valence-electron chi connectivity index (χ2n) is 5.82. The number of rotatable bonds is 9. The average Bonchev–Trinajstić information content (AvgIpc) is 2.63. The van der Waals surface area contributed by atoms with E-state index in [0.717, 1.165) is 12.1 Å². The first-order chi connectivity index (χ1) is 12.6. The van der Waals surface area contributed by atoms with Crippen molar-refractivity contribution in [2.45, 2.75) is 13.3 Å². The van der Waals surface area contributed by atoms with Crippen LogP contribution in [0.25, 0.3) is 0 Å². The van der Waals surface area contributed by atoms with Gasteiger partial charge in [-0.05, 0) is 36.8 Å². The molecule has 0 aliphatic heterocycles. The van der Waals surface area contributed by atoms with E-state index in [0.29, 0.717) is 42.6 Å². The Hall–Kier alpha value is -2.64. The van der Waals surface area contributed by atoms with Crippen LogP contribution >= 0.6 is 0 Å². The highest BCUT2D eigenvalue weighted by molar-refractivity contribution is 6.50. The summed E-state index contributed by atoms with van der Waals surface area (Å²) in [7, 11) is 0. The lowest BCUT2D eigenvalue weighted by Gasteiger charge is -2.22. The van der Waals surface area contributed by atoms with Gasteiger partial charge in [-0.2, -0.15) is 0 Å². The van der Waals surface area contributed by atoms with E-state index in [9.17, 15) is 0 Å². The summed E-state index contributed by atoms with van der Waals surface area (Å²) < 4.78 is 5.60. The first-order valence-corrected chi connectivity index (χ1v) is 8.65. The fourth-order valence-corrected chi connectivity index (χ4v) is 2.50. The molecule has 0 aromatic heterocycles. The molecule has 1 aliphatic rings. The Morgan fingerprint density at radius 3 is 2.35 bits per heavy atom. The Kier molecular flexibility index (Phi) is 7.37. The van der Waals surface area contributed by atoms with Gasteiger partial charge in [0.2, 0.25) is 0 Å². The van der Waals surface area contributed by atoms with Crippen LogP contribution in [0.1, 0.15) is 13.3 Å². The maximum absolute atomic E-state index is 9.13. The molecule has 0 fully saturated rings. The molecule has 0 radical (unpaired) electrons. The minimum Gasteiger partial charge on any atom is -0.491 e. The molecular weight excluding hydrogens is 332 g/mol. The Balaban J connectivity index is 2.20. The number of ether oxygens (including phenoxy) is 1. The van der Waals surface area contributed by atoms with Gasteiger partial charge in [-0.1, -0.05) is 6.92 Å². The quantitative estimate of drug-likeness (QED) is 0.502. The predicted molar refractivity (Wildman–Crippen MR) is 104 cm³/mol. The highest BCUT2D eigenvalue weighted by Crippen LogP contribution is 2.22. The summed E-state index contributed by atoms with van der Waals surface area (Å²) in [4.78, 5) is 6.39. The lowest BCUT2D eigenvalue weighted by Crippen LogP contribution is -2.29. The van der Waals surface area contributed by atoms with Gasteiger partial charge < -0.3 is 25.6 Å². The summed E-state index contributed by atoms with van der Waals surface area (Å²) in [5.74, 6) is 0.537. The maximum atomic E-state index is 9.13. The maximum Gasteiger partial charge on any atom is 0.144 e. The van der Waals surface area contributed by atoms with Crippen molar-refractivity contribution in [1.29, 1.82) is 5.41 Å². The van der Waals surface area contributed by atoms with E-state index in [1.54, 1.807) is 12.2 Å². The van der Waals surface area contributed by atoms with Gasteiger partial charge >= 0.3 is 0 Å². The summed E-state index contributed by atoms with van der Waals surface area (Å²) in [6, 6.07) is 7.41. The molecule has 0 atom stereocenters. The first kappa shape index (κ1) is 19.7. The van der Waals surface area contributed by atoms with Crippen LogP contribution in [-0.2, 0) is 4.74 Å². The largest absolute Gasteiger partial charge is 0.491 e. The number of nitrogens with zero attached hydrogens (tertiary/aromatic N) is 2. The number of allylic oxidation sites excluding steroid dienone is 2. The number of benzene rings is 1. The molecule has 2 rings (SSSR count). The highest BCUT2D eigenvalue weighted by atomic mass is 16.5. The minimum atomic E-state index is 0.0142. The van der Waals surface area contributed by atoms with Gasteiger partial charge in [0, 0.05) is 24.9 Å². The topological polar surface area (TPSA) is 115 Å². The van der Waals surface area contributed by atoms with Gasteiger partial charge in [-0.3, -0.25) is 5.41 Å². The zero-order valence-electron chi connectivity index (χ0n) is 15.0. The van der Waals surface area contributed by atoms with E-state index in [4.69, 9.17) is 26.1 Å². The van der Waals surface area contributed by atoms with Crippen molar-refractivity contribution in [3.8, 4) is 0 Å². The number of nitrogens with one attached hydrogen (secondary N) is 1. The SMILES string of the molecule is CCCOC1=CC(=Nc2ccc(N(CCO)CCO)cc2)C(=N)C=C1N. The van der Waals surface area contributed by atoms with Crippen LogP contribution in [-0.4, -0.2) is 54.5 Å². The van der Waals surface area contributed by atoms with Crippen LogP contribution in [0.3, 0.4) is 0 Å². The number of hydrogen-bond acceptors (Lipinski definition) is 7. The van der Waals surface area contributed by atoms with Crippen LogP contribution in [0, 0.1) is 5.41 Å². The van der Waals surface area contributed by atoms with Crippen molar-refractivity contribution >= 4 is 22.8 Å². The fraction of sp³-hybridized carbons (Fsp3) is 0.368. The lowest BCUT2D eigenvalue weighted by molar-refractivity contribution is 0.220. The molecule has 7 nitrogen and oxygen atoms in total.